The summed E-state index contributed by atoms with van der Waals surface area (Å²) in [6.07, 6.45) is 16.0. The molecule has 2 aliphatic carbocycles. The number of quaternary nitrogens is 1. The van der Waals surface area contributed by atoms with Gasteiger partial charge in [0.25, 0.3) is 0 Å². The van der Waals surface area contributed by atoms with E-state index in [9.17, 15) is 0 Å². The first-order valence-corrected chi connectivity index (χ1v) is 7.35. The minimum absolute atomic E-state index is 0. The Morgan fingerprint density at radius 2 is 2.05 bits per heavy atom. The second kappa shape index (κ2) is 5.65. The highest BCUT2D eigenvalue weighted by Crippen LogP contribution is 2.37. The summed E-state index contributed by atoms with van der Waals surface area (Å²) in [7, 11) is 3.89. The minimum Gasteiger partial charge on any atom is -1.00 e. The molecule has 112 valence electrons. The fourth-order valence-electron chi connectivity index (χ4n) is 3.98. The van der Waals surface area contributed by atoms with Crippen LogP contribution in [-0.4, -0.2) is 37.7 Å². The maximum absolute atomic E-state index is 5.40. The predicted octanol–water partition coefficient (Wildman–Crippen LogP) is -2.04. The Balaban J connectivity index is 0.00000132. The summed E-state index contributed by atoms with van der Waals surface area (Å²) in [5.74, 6) is 2.15. The van der Waals surface area contributed by atoms with Crippen LogP contribution < -0.4 is 29.3 Å². The molecule has 4 rings (SSSR count). The number of halogens is 1. The molecule has 0 aromatic rings. The molecule has 21 heavy (non-hydrogen) atoms. The lowest BCUT2D eigenvalue weighted by atomic mass is 9.78. The van der Waals surface area contributed by atoms with Crippen LogP contribution in [0.2, 0.25) is 0 Å². The van der Waals surface area contributed by atoms with Crippen LogP contribution in [0, 0.1) is 11.8 Å². The van der Waals surface area contributed by atoms with Crippen LogP contribution in [0.5, 0.6) is 0 Å². The van der Waals surface area contributed by atoms with Crippen LogP contribution in [0.25, 0.3) is 0 Å². The first-order chi connectivity index (χ1) is 9.76. The lowest BCUT2D eigenvalue weighted by Gasteiger charge is -2.29. The summed E-state index contributed by atoms with van der Waals surface area (Å²) in [4.78, 5) is 2.24. The van der Waals surface area contributed by atoms with Crippen LogP contribution in [0.1, 0.15) is 0 Å². The van der Waals surface area contributed by atoms with E-state index in [1.165, 1.54) is 11.1 Å². The monoisotopic (exact) mass is 396 g/mol. The summed E-state index contributed by atoms with van der Waals surface area (Å²) in [6.45, 7) is 1.03. The maximum atomic E-state index is 5.40. The molecule has 2 heterocycles. The van der Waals surface area contributed by atoms with Gasteiger partial charge in [-0.05, 0) is 36.1 Å². The molecule has 2 aliphatic heterocycles. The largest absolute Gasteiger partial charge is 1.00 e. The Morgan fingerprint density at radius 3 is 2.86 bits per heavy atom. The number of allylic oxidation sites excluding steroid dienone is 1. The summed E-state index contributed by atoms with van der Waals surface area (Å²) in [6, 6.07) is 1.11. The molecule has 3 nitrogen and oxygen atoms in total. The Morgan fingerprint density at radius 1 is 1.19 bits per heavy atom. The van der Waals surface area contributed by atoms with Crippen molar-refractivity contribution in [3.05, 3.63) is 59.6 Å². The van der Waals surface area contributed by atoms with E-state index in [2.05, 4.69) is 59.9 Å². The number of hydrogen-bond donors (Lipinski definition) is 1. The molecule has 4 heteroatoms. The van der Waals surface area contributed by atoms with Crippen molar-refractivity contribution in [3.8, 4) is 0 Å². The molecule has 0 aromatic carbocycles. The molecule has 0 spiro atoms. The van der Waals surface area contributed by atoms with Gasteiger partial charge in [0.1, 0.15) is 17.8 Å². The van der Waals surface area contributed by atoms with Gasteiger partial charge in [0, 0.05) is 31.0 Å². The van der Waals surface area contributed by atoms with E-state index in [4.69, 9.17) is 4.74 Å². The first-order valence-electron chi connectivity index (χ1n) is 7.35. The fourth-order valence-corrected chi connectivity index (χ4v) is 3.98. The van der Waals surface area contributed by atoms with Gasteiger partial charge in [0.15, 0.2) is 0 Å². The highest BCUT2D eigenvalue weighted by atomic mass is 127. The molecular formula is C17H21IN2O. The average molecular weight is 396 g/mol. The van der Waals surface area contributed by atoms with Crippen molar-refractivity contribution in [2.75, 3.05) is 20.7 Å². The van der Waals surface area contributed by atoms with Crippen molar-refractivity contribution in [1.29, 1.82) is 0 Å². The van der Waals surface area contributed by atoms with Gasteiger partial charge in [-0.2, -0.15) is 0 Å². The van der Waals surface area contributed by atoms with E-state index in [-0.39, 0.29) is 24.0 Å². The van der Waals surface area contributed by atoms with Crippen LogP contribution in [0.4, 0.5) is 0 Å². The highest BCUT2D eigenvalue weighted by molar-refractivity contribution is 5.45. The number of rotatable bonds is 1. The second-order valence-electron chi connectivity index (χ2n) is 6.15. The number of nitrogens with two attached hydrogens (primary N) is 1. The van der Waals surface area contributed by atoms with E-state index < -0.39 is 0 Å². The van der Waals surface area contributed by atoms with Gasteiger partial charge in [0.2, 0.25) is 0 Å². The summed E-state index contributed by atoms with van der Waals surface area (Å²) in [5.41, 5.74) is 3.00. The zero-order valence-corrected chi connectivity index (χ0v) is 14.5. The number of hydrogen-bond acceptors (Lipinski definition) is 2. The minimum atomic E-state index is 0. The molecule has 1 fully saturated rings. The summed E-state index contributed by atoms with van der Waals surface area (Å²) < 4.78 is 5.40. The van der Waals surface area contributed by atoms with Crippen LogP contribution in [-0.2, 0) is 4.74 Å². The van der Waals surface area contributed by atoms with Gasteiger partial charge in [-0.25, -0.2) is 0 Å². The lowest BCUT2D eigenvalue weighted by molar-refractivity contribution is -0.688. The Hall–Kier alpha value is -1.01. The van der Waals surface area contributed by atoms with E-state index in [1.54, 1.807) is 7.11 Å². The Kier molecular flexibility index (Phi) is 4.01. The molecule has 0 saturated carbocycles. The number of methoxy groups -OCH3 is 1. The topological polar surface area (TPSA) is 29.1 Å². The standard InChI is InChI=1S/C17H20N2O.HI/c1-19-8-7-13-11(10-19)3-5-14-15-9-12(20-2)4-6-16(15)18-17(13)14;/h3-9,14-18H,10H2,1-2H3;1H. The zero-order chi connectivity index (χ0) is 13.7. The molecule has 0 aromatic heterocycles. The third-order valence-electron chi connectivity index (χ3n) is 4.99. The predicted molar refractivity (Wildman–Crippen MR) is 78.6 cm³/mol. The molecule has 2 N–H and O–H groups in total. The highest BCUT2D eigenvalue weighted by Gasteiger charge is 2.47. The van der Waals surface area contributed by atoms with Gasteiger partial charge in [-0.3, -0.25) is 0 Å². The third kappa shape index (κ3) is 2.38. The molecule has 4 aliphatic rings. The van der Waals surface area contributed by atoms with Crippen LogP contribution in [0.3, 0.4) is 0 Å². The Labute approximate surface area is 143 Å². The number of fused-ring (bicyclic) bond motifs is 4. The van der Waals surface area contributed by atoms with Crippen LogP contribution in [0.15, 0.2) is 59.6 Å². The van der Waals surface area contributed by atoms with E-state index >= 15 is 0 Å². The zero-order valence-electron chi connectivity index (χ0n) is 12.4. The van der Waals surface area contributed by atoms with Crippen LogP contribution >= 0.6 is 0 Å². The molecule has 1 saturated heterocycles. The van der Waals surface area contributed by atoms with Gasteiger partial charge in [0.05, 0.1) is 7.11 Å². The van der Waals surface area contributed by atoms with Crippen molar-refractivity contribution < 1.29 is 34.0 Å². The normalized spacial score (nSPS) is 35.7. The lowest BCUT2D eigenvalue weighted by Crippen LogP contribution is -3.00. The average Bonchev–Trinajstić information content (AvgIpc) is 2.84. The van der Waals surface area contributed by atoms with E-state index in [1.807, 2.05) is 0 Å². The van der Waals surface area contributed by atoms with Crippen molar-refractivity contribution in [2.45, 2.75) is 12.1 Å². The third-order valence-corrected chi connectivity index (χ3v) is 4.99. The van der Waals surface area contributed by atoms with Crippen molar-refractivity contribution in [3.63, 3.8) is 0 Å². The number of likely N-dealkylation sites (N-methyl/N-ethyl adjacent to an activating group) is 1. The van der Waals surface area contributed by atoms with Crippen molar-refractivity contribution in [1.82, 2.24) is 4.90 Å². The molecule has 0 amide bonds. The fraction of sp³-hybridized carbons (Fsp3) is 0.412. The maximum Gasteiger partial charge on any atom is 0.120 e. The van der Waals surface area contributed by atoms with Gasteiger partial charge in [-0.15, -0.1) is 0 Å². The van der Waals surface area contributed by atoms with Crippen molar-refractivity contribution in [2.24, 2.45) is 11.8 Å². The first kappa shape index (κ1) is 14.9. The SMILES string of the molecule is COC1=CC2C(C=C1)[NH2+]C1C3=C(C=CC12)CN(C)C=C3.[I-]. The van der Waals surface area contributed by atoms with Gasteiger partial charge >= 0.3 is 0 Å². The van der Waals surface area contributed by atoms with E-state index in [0.29, 0.717) is 23.9 Å². The summed E-state index contributed by atoms with van der Waals surface area (Å²) >= 11 is 0. The molecule has 4 unspecified atom stereocenters. The van der Waals surface area contributed by atoms with Crippen molar-refractivity contribution >= 4 is 0 Å². The number of ether oxygens (including phenoxy) is 1. The van der Waals surface area contributed by atoms with Gasteiger partial charge < -0.3 is 38.9 Å². The molecular weight excluding hydrogens is 375 g/mol. The quantitative estimate of drug-likeness (QED) is 0.518. The molecule has 0 bridgehead atoms. The second-order valence-corrected chi connectivity index (χ2v) is 6.15. The summed E-state index contributed by atoms with van der Waals surface area (Å²) in [5, 5.41) is 2.53. The Bertz CT molecular complexity index is 588. The van der Waals surface area contributed by atoms with Gasteiger partial charge in [-0.1, -0.05) is 12.2 Å². The van der Waals surface area contributed by atoms with E-state index in [0.717, 1.165) is 12.3 Å². The number of nitrogens with zero attached hydrogens (tertiary/aromatic N) is 1. The smallest absolute Gasteiger partial charge is 0.120 e. The molecule has 0 radical (unpaired) electrons. The molecule has 4 atom stereocenters.